The maximum Gasteiger partial charge on any atom is 0.291 e. The van der Waals surface area contributed by atoms with Crippen LogP contribution in [0.1, 0.15) is 52.7 Å². The van der Waals surface area contributed by atoms with Crippen LogP contribution in [-0.4, -0.2) is 30.8 Å². The Morgan fingerprint density at radius 3 is 2.50 bits per heavy atom. The molecule has 0 saturated carbocycles. The summed E-state index contributed by atoms with van der Waals surface area (Å²) in [5.74, 6) is 2.15. The van der Waals surface area contributed by atoms with Gasteiger partial charge >= 0.3 is 0 Å². The minimum atomic E-state index is -0.682. The van der Waals surface area contributed by atoms with E-state index in [4.69, 9.17) is 23.4 Å². The molecule has 2 aliphatic heterocycles. The van der Waals surface area contributed by atoms with E-state index in [2.05, 4.69) is 0 Å². The van der Waals surface area contributed by atoms with Gasteiger partial charge in [0.25, 0.3) is 5.91 Å². The average molecular weight is 514 g/mol. The molecule has 1 aromatic heterocycles. The molecule has 0 N–H and O–H groups in total. The Hall–Kier alpha value is -4.46. The van der Waals surface area contributed by atoms with Crippen LogP contribution >= 0.6 is 0 Å². The second-order valence-electron chi connectivity index (χ2n) is 9.27. The van der Waals surface area contributed by atoms with Crippen molar-refractivity contribution in [3.05, 3.63) is 92.8 Å². The van der Waals surface area contributed by atoms with Crippen LogP contribution < -0.4 is 24.4 Å². The fraction of sp³-hybridized carbons (Fsp3) is 0.267. The third-order valence-electron chi connectivity index (χ3n) is 6.79. The largest absolute Gasteiger partial charge is 0.490 e. The zero-order chi connectivity index (χ0) is 26.4. The molecule has 3 heterocycles. The number of hydrogen-bond acceptors (Lipinski definition) is 7. The molecule has 0 radical (unpaired) electrons. The van der Waals surface area contributed by atoms with Gasteiger partial charge in [0.05, 0.1) is 30.2 Å². The molecule has 0 fully saturated rings. The Labute approximate surface area is 219 Å². The van der Waals surface area contributed by atoms with E-state index < -0.39 is 6.04 Å². The third kappa shape index (κ3) is 3.93. The molecule has 1 amide bonds. The van der Waals surface area contributed by atoms with Gasteiger partial charge in [-0.15, -0.1) is 0 Å². The first-order valence-electron chi connectivity index (χ1n) is 12.6. The Bertz CT molecular complexity index is 1620. The van der Waals surface area contributed by atoms with Crippen LogP contribution in [0.5, 0.6) is 23.0 Å². The summed E-state index contributed by atoms with van der Waals surface area (Å²) in [5.41, 5.74) is 2.98. The van der Waals surface area contributed by atoms with Crippen LogP contribution in [0.25, 0.3) is 11.0 Å². The van der Waals surface area contributed by atoms with Gasteiger partial charge in [-0.1, -0.05) is 23.8 Å². The molecule has 0 aliphatic carbocycles. The lowest BCUT2D eigenvalue weighted by Gasteiger charge is -2.26. The first-order chi connectivity index (χ1) is 18.5. The number of hydrogen-bond donors (Lipinski definition) is 0. The fourth-order valence-corrected chi connectivity index (χ4v) is 5.12. The molecule has 8 heteroatoms. The molecule has 0 saturated heterocycles. The lowest BCUT2D eigenvalue weighted by Crippen LogP contribution is -2.29. The quantitative estimate of drug-likeness (QED) is 0.328. The molecule has 194 valence electrons. The maximum absolute atomic E-state index is 13.9. The van der Waals surface area contributed by atoms with E-state index in [0.29, 0.717) is 52.7 Å². The smallest absolute Gasteiger partial charge is 0.291 e. The normalized spacial score (nSPS) is 15.7. The second-order valence-corrected chi connectivity index (χ2v) is 9.27. The molecule has 1 unspecified atom stereocenters. The summed E-state index contributed by atoms with van der Waals surface area (Å²) in [4.78, 5) is 29.4. The van der Waals surface area contributed by atoms with E-state index in [9.17, 15) is 9.59 Å². The topological polar surface area (TPSA) is 87.4 Å². The van der Waals surface area contributed by atoms with Crippen LogP contribution in [0.4, 0.5) is 0 Å². The van der Waals surface area contributed by atoms with Gasteiger partial charge in [0.15, 0.2) is 28.4 Å². The standard InChI is InChI=1S/C30H27NO7/c1-4-34-22-11-8-19(14-25(22)35-5-2)27-26-28(32)20-12-17(3)6-9-21(20)38-29(26)30(33)31(27)15-18-7-10-23-24(13-18)37-16-36-23/h6-14,27H,4-5,15-16H2,1-3H3. The zero-order valence-corrected chi connectivity index (χ0v) is 21.4. The molecular weight excluding hydrogens is 486 g/mol. The lowest BCUT2D eigenvalue weighted by molar-refractivity contribution is 0.0714. The minimum absolute atomic E-state index is 0.0592. The molecule has 0 spiro atoms. The van der Waals surface area contributed by atoms with Crippen molar-refractivity contribution >= 4 is 16.9 Å². The van der Waals surface area contributed by atoms with Gasteiger partial charge in [-0.25, -0.2) is 0 Å². The Morgan fingerprint density at radius 1 is 0.895 bits per heavy atom. The van der Waals surface area contributed by atoms with Gasteiger partial charge in [0, 0.05) is 6.54 Å². The summed E-state index contributed by atoms with van der Waals surface area (Å²) in [6, 6.07) is 15.8. The monoisotopic (exact) mass is 513 g/mol. The number of benzene rings is 3. The fourth-order valence-electron chi connectivity index (χ4n) is 5.12. The van der Waals surface area contributed by atoms with Gasteiger partial charge in [0.2, 0.25) is 12.6 Å². The molecule has 4 aromatic rings. The second kappa shape index (κ2) is 9.45. The number of amides is 1. The maximum atomic E-state index is 13.9. The molecule has 1 atom stereocenters. The van der Waals surface area contributed by atoms with Crippen molar-refractivity contribution in [2.45, 2.75) is 33.4 Å². The van der Waals surface area contributed by atoms with Crippen molar-refractivity contribution in [2.24, 2.45) is 0 Å². The molecule has 6 rings (SSSR count). The molecule has 3 aromatic carbocycles. The lowest BCUT2D eigenvalue weighted by atomic mass is 9.97. The third-order valence-corrected chi connectivity index (χ3v) is 6.79. The molecule has 0 bridgehead atoms. The highest BCUT2D eigenvalue weighted by Crippen LogP contribution is 2.42. The highest BCUT2D eigenvalue weighted by molar-refractivity contribution is 5.99. The Kier molecular flexibility index (Phi) is 5.94. The van der Waals surface area contributed by atoms with Crippen LogP contribution in [0.3, 0.4) is 0 Å². The summed E-state index contributed by atoms with van der Waals surface area (Å²) >= 11 is 0. The number of ether oxygens (including phenoxy) is 4. The number of aryl methyl sites for hydroxylation is 1. The number of carbonyl (C=O) groups excluding carboxylic acids is 1. The first-order valence-corrected chi connectivity index (χ1v) is 12.6. The minimum Gasteiger partial charge on any atom is -0.490 e. The van der Waals surface area contributed by atoms with Crippen molar-refractivity contribution in [2.75, 3.05) is 20.0 Å². The summed E-state index contributed by atoms with van der Waals surface area (Å²) < 4.78 is 28.7. The highest BCUT2D eigenvalue weighted by atomic mass is 16.7. The van der Waals surface area contributed by atoms with E-state index in [1.54, 1.807) is 17.0 Å². The molecular formula is C30H27NO7. The van der Waals surface area contributed by atoms with Crippen LogP contribution in [-0.2, 0) is 6.54 Å². The summed E-state index contributed by atoms with van der Waals surface area (Å²) in [6.45, 7) is 7.03. The molecule has 8 nitrogen and oxygen atoms in total. The number of nitrogens with zero attached hydrogens (tertiary/aromatic N) is 1. The van der Waals surface area contributed by atoms with E-state index in [-0.39, 0.29) is 30.4 Å². The molecule has 2 aliphatic rings. The van der Waals surface area contributed by atoms with Crippen molar-refractivity contribution in [3.63, 3.8) is 0 Å². The Morgan fingerprint density at radius 2 is 1.68 bits per heavy atom. The van der Waals surface area contributed by atoms with Gasteiger partial charge in [-0.3, -0.25) is 9.59 Å². The van der Waals surface area contributed by atoms with Crippen molar-refractivity contribution in [1.29, 1.82) is 0 Å². The SMILES string of the molecule is CCOc1ccc(C2c3c(oc4ccc(C)cc4c3=O)C(=O)N2Cc2ccc3c(c2)OCO3)cc1OCC. The highest BCUT2D eigenvalue weighted by Gasteiger charge is 2.43. The predicted octanol–water partition coefficient (Wildman–Crippen LogP) is 5.37. The summed E-state index contributed by atoms with van der Waals surface area (Å²) in [7, 11) is 0. The summed E-state index contributed by atoms with van der Waals surface area (Å²) in [5, 5.41) is 0.447. The van der Waals surface area contributed by atoms with E-state index in [1.807, 2.05) is 63.2 Å². The van der Waals surface area contributed by atoms with E-state index in [0.717, 1.165) is 16.7 Å². The number of carbonyl (C=O) groups is 1. The Balaban J connectivity index is 1.52. The zero-order valence-electron chi connectivity index (χ0n) is 21.4. The van der Waals surface area contributed by atoms with Crippen LogP contribution in [0, 0.1) is 6.92 Å². The summed E-state index contributed by atoms with van der Waals surface area (Å²) in [6.07, 6.45) is 0. The number of rotatable bonds is 7. The van der Waals surface area contributed by atoms with Crippen LogP contribution in [0.2, 0.25) is 0 Å². The van der Waals surface area contributed by atoms with Crippen molar-refractivity contribution in [3.8, 4) is 23.0 Å². The predicted molar refractivity (Wildman–Crippen MR) is 140 cm³/mol. The van der Waals surface area contributed by atoms with Crippen LogP contribution in [0.15, 0.2) is 63.8 Å². The average Bonchev–Trinajstić information content (AvgIpc) is 3.49. The first kappa shape index (κ1) is 23.9. The van der Waals surface area contributed by atoms with Gasteiger partial charge in [-0.05, 0) is 68.3 Å². The number of fused-ring (bicyclic) bond motifs is 3. The van der Waals surface area contributed by atoms with E-state index >= 15 is 0 Å². The van der Waals surface area contributed by atoms with E-state index in [1.165, 1.54) is 0 Å². The van der Waals surface area contributed by atoms with Crippen molar-refractivity contribution < 1.29 is 28.2 Å². The van der Waals surface area contributed by atoms with Gasteiger partial charge in [-0.2, -0.15) is 0 Å². The van der Waals surface area contributed by atoms with Crippen molar-refractivity contribution in [1.82, 2.24) is 4.90 Å². The van der Waals surface area contributed by atoms with Gasteiger partial charge in [0.1, 0.15) is 5.58 Å². The van der Waals surface area contributed by atoms with Gasteiger partial charge < -0.3 is 28.3 Å². The molecule has 38 heavy (non-hydrogen) atoms.